The van der Waals surface area contributed by atoms with E-state index in [4.69, 9.17) is 4.74 Å². The quantitative estimate of drug-likeness (QED) is 0.860. The maximum atomic E-state index is 11.8. The van der Waals surface area contributed by atoms with Gasteiger partial charge in [-0.1, -0.05) is 6.07 Å². The SMILES string of the molecule is CCNC(=O)C(C)NC1CCc2ccc(OC)cc2C1. The number of carbonyl (C=O) groups excluding carboxylic acids is 1. The van der Waals surface area contributed by atoms with Crippen molar-refractivity contribution in [2.75, 3.05) is 13.7 Å². The second-order valence-corrected chi connectivity index (χ2v) is 5.36. The molecule has 110 valence electrons. The molecular weight excluding hydrogens is 252 g/mol. The number of rotatable bonds is 5. The molecule has 0 saturated heterocycles. The number of carbonyl (C=O) groups is 1. The topological polar surface area (TPSA) is 50.4 Å². The Morgan fingerprint density at radius 1 is 1.45 bits per heavy atom. The van der Waals surface area contributed by atoms with Crippen LogP contribution in [-0.4, -0.2) is 31.6 Å². The molecule has 20 heavy (non-hydrogen) atoms. The van der Waals surface area contributed by atoms with Crippen molar-refractivity contribution in [2.45, 2.75) is 45.2 Å². The first-order valence-corrected chi connectivity index (χ1v) is 7.33. The van der Waals surface area contributed by atoms with Crippen LogP contribution in [0.2, 0.25) is 0 Å². The van der Waals surface area contributed by atoms with Gasteiger partial charge >= 0.3 is 0 Å². The van der Waals surface area contributed by atoms with Crippen molar-refractivity contribution in [1.82, 2.24) is 10.6 Å². The molecule has 4 heteroatoms. The van der Waals surface area contributed by atoms with E-state index in [2.05, 4.69) is 22.8 Å². The highest BCUT2D eigenvalue weighted by atomic mass is 16.5. The second kappa shape index (κ2) is 6.75. The molecule has 2 atom stereocenters. The summed E-state index contributed by atoms with van der Waals surface area (Å²) in [6.07, 6.45) is 3.08. The first kappa shape index (κ1) is 14.9. The number of hydrogen-bond acceptors (Lipinski definition) is 3. The minimum absolute atomic E-state index is 0.0731. The standard InChI is InChI=1S/C16H24N2O2/c1-4-17-16(19)11(2)18-14-7-5-12-6-8-15(20-3)10-13(12)9-14/h6,8,10-11,14,18H,4-5,7,9H2,1-3H3,(H,17,19). The fourth-order valence-corrected chi connectivity index (χ4v) is 2.76. The van der Waals surface area contributed by atoms with E-state index in [1.807, 2.05) is 19.9 Å². The fourth-order valence-electron chi connectivity index (χ4n) is 2.76. The number of aryl methyl sites for hydroxylation is 1. The lowest BCUT2D eigenvalue weighted by molar-refractivity contribution is -0.122. The van der Waals surface area contributed by atoms with Crippen LogP contribution in [0.1, 0.15) is 31.4 Å². The van der Waals surface area contributed by atoms with Crippen molar-refractivity contribution in [3.05, 3.63) is 29.3 Å². The zero-order valence-corrected chi connectivity index (χ0v) is 12.5. The smallest absolute Gasteiger partial charge is 0.236 e. The van der Waals surface area contributed by atoms with Gasteiger partial charge in [0.15, 0.2) is 0 Å². The van der Waals surface area contributed by atoms with Gasteiger partial charge in [0.05, 0.1) is 13.2 Å². The Balaban J connectivity index is 1.98. The number of fused-ring (bicyclic) bond motifs is 1. The molecule has 0 aromatic heterocycles. The molecule has 0 aliphatic heterocycles. The van der Waals surface area contributed by atoms with Gasteiger partial charge in [-0.05, 0) is 56.4 Å². The molecule has 0 heterocycles. The third-order valence-electron chi connectivity index (χ3n) is 3.87. The van der Waals surface area contributed by atoms with E-state index in [0.717, 1.165) is 25.0 Å². The molecule has 2 unspecified atom stereocenters. The summed E-state index contributed by atoms with van der Waals surface area (Å²) in [6.45, 7) is 4.54. The molecule has 2 rings (SSSR count). The highest BCUT2D eigenvalue weighted by Gasteiger charge is 2.22. The zero-order chi connectivity index (χ0) is 14.5. The molecule has 0 saturated carbocycles. The zero-order valence-electron chi connectivity index (χ0n) is 12.5. The fraction of sp³-hybridized carbons (Fsp3) is 0.562. The Morgan fingerprint density at radius 3 is 2.95 bits per heavy atom. The highest BCUT2D eigenvalue weighted by molar-refractivity contribution is 5.81. The van der Waals surface area contributed by atoms with Crippen LogP contribution in [0.15, 0.2) is 18.2 Å². The predicted octanol–water partition coefficient (Wildman–Crippen LogP) is 1.67. The number of amides is 1. The summed E-state index contributed by atoms with van der Waals surface area (Å²) in [6, 6.07) is 6.49. The minimum Gasteiger partial charge on any atom is -0.497 e. The van der Waals surface area contributed by atoms with Crippen molar-refractivity contribution in [3.63, 3.8) is 0 Å². The van der Waals surface area contributed by atoms with Gasteiger partial charge in [0.25, 0.3) is 0 Å². The molecule has 2 N–H and O–H groups in total. The number of ether oxygens (including phenoxy) is 1. The summed E-state index contributed by atoms with van der Waals surface area (Å²) in [5.41, 5.74) is 2.73. The van der Waals surface area contributed by atoms with Crippen LogP contribution in [-0.2, 0) is 17.6 Å². The average Bonchev–Trinajstić information content (AvgIpc) is 2.46. The highest BCUT2D eigenvalue weighted by Crippen LogP contribution is 2.25. The maximum Gasteiger partial charge on any atom is 0.236 e. The summed E-state index contributed by atoms with van der Waals surface area (Å²) in [4.78, 5) is 11.8. The maximum absolute atomic E-state index is 11.8. The van der Waals surface area contributed by atoms with E-state index in [0.29, 0.717) is 12.6 Å². The third kappa shape index (κ3) is 3.51. The van der Waals surface area contributed by atoms with Crippen LogP contribution in [0.5, 0.6) is 5.75 Å². The van der Waals surface area contributed by atoms with Crippen molar-refractivity contribution in [3.8, 4) is 5.75 Å². The molecule has 1 aliphatic rings. The second-order valence-electron chi connectivity index (χ2n) is 5.36. The molecule has 0 radical (unpaired) electrons. The number of benzene rings is 1. The van der Waals surface area contributed by atoms with Gasteiger partial charge in [-0.15, -0.1) is 0 Å². The van der Waals surface area contributed by atoms with E-state index in [-0.39, 0.29) is 11.9 Å². The lowest BCUT2D eigenvalue weighted by atomic mass is 9.88. The van der Waals surface area contributed by atoms with E-state index < -0.39 is 0 Å². The van der Waals surface area contributed by atoms with Gasteiger partial charge in [-0.2, -0.15) is 0 Å². The third-order valence-corrected chi connectivity index (χ3v) is 3.87. The van der Waals surface area contributed by atoms with Crippen LogP contribution in [0.3, 0.4) is 0 Å². The summed E-state index contributed by atoms with van der Waals surface area (Å²) in [7, 11) is 1.69. The Bertz CT molecular complexity index is 474. The lowest BCUT2D eigenvalue weighted by Crippen LogP contribution is -2.48. The molecule has 1 aromatic carbocycles. The average molecular weight is 276 g/mol. The van der Waals surface area contributed by atoms with E-state index in [9.17, 15) is 4.79 Å². The summed E-state index contributed by atoms with van der Waals surface area (Å²) in [5.74, 6) is 0.977. The van der Waals surface area contributed by atoms with Crippen LogP contribution in [0.25, 0.3) is 0 Å². The Morgan fingerprint density at radius 2 is 2.25 bits per heavy atom. The summed E-state index contributed by atoms with van der Waals surface area (Å²) >= 11 is 0. The van der Waals surface area contributed by atoms with Gasteiger partial charge < -0.3 is 15.4 Å². The first-order chi connectivity index (χ1) is 9.63. The molecule has 1 amide bonds. The van der Waals surface area contributed by atoms with E-state index in [1.165, 1.54) is 11.1 Å². The van der Waals surface area contributed by atoms with Crippen molar-refractivity contribution < 1.29 is 9.53 Å². The molecular formula is C16H24N2O2. The number of nitrogens with one attached hydrogen (secondary N) is 2. The predicted molar refractivity (Wildman–Crippen MR) is 80.1 cm³/mol. The Kier molecular flexibility index (Phi) is 5.01. The summed E-state index contributed by atoms with van der Waals surface area (Å²) in [5, 5.41) is 6.28. The summed E-state index contributed by atoms with van der Waals surface area (Å²) < 4.78 is 5.28. The first-order valence-electron chi connectivity index (χ1n) is 7.33. The number of methoxy groups -OCH3 is 1. The van der Waals surface area contributed by atoms with Crippen LogP contribution < -0.4 is 15.4 Å². The van der Waals surface area contributed by atoms with Crippen molar-refractivity contribution in [2.24, 2.45) is 0 Å². The number of hydrogen-bond donors (Lipinski definition) is 2. The van der Waals surface area contributed by atoms with Gasteiger partial charge in [0.1, 0.15) is 5.75 Å². The van der Waals surface area contributed by atoms with Gasteiger partial charge in [-0.25, -0.2) is 0 Å². The van der Waals surface area contributed by atoms with Crippen LogP contribution >= 0.6 is 0 Å². The molecule has 1 aromatic rings. The minimum atomic E-state index is -0.146. The van der Waals surface area contributed by atoms with Crippen LogP contribution in [0.4, 0.5) is 0 Å². The van der Waals surface area contributed by atoms with E-state index >= 15 is 0 Å². The van der Waals surface area contributed by atoms with Crippen LogP contribution in [0, 0.1) is 0 Å². The largest absolute Gasteiger partial charge is 0.497 e. The Labute approximate surface area is 120 Å². The normalized spacial score (nSPS) is 19.1. The molecule has 0 fully saturated rings. The molecule has 0 bridgehead atoms. The van der Waals surface area contributed by atoms with Gasteiger partial charge in [-0.3, -0.25) is 4.79 Å². The monoisotopic (exact) mass is 276 g/mol. The molecule has 1 aliphatic carbocycles. The van der Waals surface area contributed by atoms with Crippen molar-refractivity contribution in [1.29, 1.82) is 0 Å². The molecule has 4 nitrogen and oxygen atoms in total. The Hall–Kier alpha value is -1.55. The molecule has 0 spiro atoms. The van der Waals surface area contributed by atoms with Gasteiger partial charge in [0.2, 0.25) is 5.91 Å². The van der Waals surface area contributed by atoms with Crippen molar-refractivity contribution >= 4 is 5.91 Å². The van der Waals surface area contributed by atoms with Gasteiger partial charge in [0, 0.05) is 12.6 Å². The number of likely N-dealkylation sites (N-methyl/N-ethyl adjacent to an activating group) is 1. The van der Waals surface area contributed by atoms with E-state index in [1.54, 1.807) is 7.11 Å². The lowest BCUT2D eigenvalue weighted by Gasteiger charge is -2.28.